The Kier molecular flexibility index (Phi) is 4.44. The number of benzene rings is 2. The first-order valence-corrected chi connectivity index (χ1v) is 6.10. The van der Waals surface area contributed by atoms with Gasteiger partial charge in [-0.2, -0.15) is 0 Å². The van der Waals surface area contributed by atoms with Crippen LogP contribution in [-0.2, 0) is 0 Å². The lowest BCUT2D eigenvalue weighted by atomic mass is 10.2. The average Bonchev–Trinajstić information content (AvgIpc) is 2.45. The predicted octanol–water partition coefficient (Wildman–Crippen LogP) is 2.42. The molecule has 0 aliphatic heterocycles. The number of ether oxygens (including phenoxy) is 2. The van der Waals surface area contributed by atoms with Gasteiger partial charge in [0.15, 0.2) is 0 Å². The summed E-state index contributed by atoms with van der Waals surface area (Å²) in [5.41, 5.74) is 5.98. The van der Waals surface area contributed by atoms with Crippen LogP contribution in [-0.4, -0.2) is 24.3 Å². The fourth-order valence-corrected chi connectivity index (χ4v) is 1.67. The van der Waals surface area contributed by atoms with Crippen molar-refractivity contribution in [3.05, 3.63) is 54.1 Å². The minimum absolute atomic E-state index is 0.0460. The topological polar surface area (TPSA) is 81.8 Å². The second-order valence-electron chi connectivity index (χ2n) is 4.07. The van der Waals surface area contributed by atoms with Gasteiger partial charge in [-0.3, -0.25) is 0 Å². The molecule has 2 aromatic carbocycles. The van der Waals surface area contributed by atoms with Gasteiger partial charge in [0.05, 0.1) is 0 Å². The van der Waals surface area contributed by atoms with Gasteiger partial charge in [-0.05, 0) is 30.3 Å². The van der Waals surface area contributed by atoms with Crippen LogP contribution < -0.4 is 15.2 Å². The fourth-order valence-electron chi connectivity index (χ4n) is 1.67. The van der Waals surface area contributed by atoms with Crippen LogP contribution in [0.25, 0.3) is 0 Å². The highest BCUT2D eigenvalue weighted by atomic mass is 16.5. The number of hydrogen-bond donors (Lipinski definition) is 2. The van der Waals surface area contributed by atoms with Crippen LogP contribution in [0, 0.1) is 0 Å². The highest BCUT2D eigenvalue weighted by molar-refractivity contribution is 5.92. The number of anilines is 1. The molecule has 0 amide bonds. The number of carboxylic acids is 1. The molecule has 0 bridgehead atoms. The van der Waals surface area contributed by atoms with Gasteiger partial charge in [-0.25, -0.2) is 4.79 Å². The number of carbonyl (C=O) groups is 1. The number of nitrogens with two attached hydrogens (primary N) is 1. The predicted molar refractivity (Wildman–Crippen MR) is 75.2 cm³/mol. The number of rotatable bonds is 6. The largest absolute Gasteiger partial charge is 0.490 e. The van der Waals surface area contributed by atoms with Gasteiger partial charge in [0.25, 0.3) is 0 Å². The molecule has 2 aromatic rings. The van der Waals surface area contributed by atoms with Crippen molar-refractivity contribution in [1.29, 1.82) is 0 Å². The van der Waals surface area contributed by atoms with Crippen molar-refractivity contribution in [2.24, 2.45) is 0 Å². The first kappa shape index (κ1) is 13.7. The summed E-state index contributed by atoms with van der Waals surface area (Å²) in [6.07, 6.45) is 0. The Morgan fingerprint density at radius 1 is 1.05 bits per heavy atom. The summed E-state index contributed by atoms with van der Waals surface area (Å²) in [5.74, 6) is -0.0495. The maximum Gasteiger partial charge on any atom is 0.339 e. The second-order valence-corrected chi connectivity index (χ2v) is 4.07. The molecule has 0 aromatic heterocycles. The minimum Gasteiger partial charge on any atom is -0.490 e. The lowest BCUT2D eigenvalue weighted by Gasteiger charge is -2.10. The van der Waals surface area contributed by atoms with Crippen molar-refractivity contribution in [1.82, 2.24) is 0 Å². The molecule has 5 heteroatoms. The first-order chi connectivity index (χ1) is 9.66. The molecule has 0 heterocycles. The van der Waals surface area contributed by atoms with Crippen LogP contribution in [0.4, 0.5) is 5.69 Å². The van der Waals surface area contributed by atoms with Gasteiger partial charge in [0.2, 0.25) is 0 Å². The summed E-state index contributed by atoms with van der Waals surface area (Å²) < 4.78 is 10.9. The number of hydrogen-bond acceptors (Lipinski definition) is 4. The van der Waals surface area contributed by atoms with E-state index in [4.69, 9.17) is 20.3 Å². The van der Waals surface area contributed by atoms with Gasteiger partial charge in [0, 0.05) is 5.69 Å². The maximum atomic E-state index is 11.1. The third-order valence-electron chi connectivity index (χ3n) is 2.59. The van der Waals surface area contributed by atoms with E-state index in [0.717, 1.165) is 5.75 Å². The van der Waals surface area contributed by atoms with Crippen LogP contribution >= 0.6 is 0 Å². The molecule has 3 N–H and O–H groups in total. The van der Waals surface area contributed by atoms with Crippen molar-refractivity contribution in [3.8, 4) is 11.5 Å². The van der Waals surface area contributed by atoms with Crippen LogP contribution in [0.15, 0.2) is 48.5 Å². The Hall–Kier alpha value is -2.69. The molecule has 5 nitrogen and oxygen atoms in total. The lowest BCUT2D eigenvalue weighted by molar-refractivity contribution is 0.0691. The Balaban J connectivity index is 1.90. The van der Waals surface area contributed by atoms with Crippen molar-refractivity contribution in [3.63, 3.8) is 0 Å². The van der Waals surface area contributed by atoms with Crippen LogP contribution in [0.2, 0.25) is 0 Å². The molecular formula is C15H15NO4. The Bertz CT molecular complexity index is 584. The molecule has 0 atom stereocenters. The number of aromatic carboxylic acids is 1. The van der Waals surface area contributed by atoms with Crippen molar-refractivity contribution in [2.75, 3.05) is 18.9 Å². The fraction of sp³-hybridized carbons (Fsp3) is 0.133. The molecule has 2 rings (SSSR count). The third-order valence-corrected chi connectivity index (χ3v) is 2.59. The van der Waals surface area contributed by atoms with E-state index in [1.165, 1.54) is 6.07 Å². The van der Waals surface area contributed by atoms with E-state index < -0.39 is 5.97 Å². The summed E-state index contributed by atoms with van der Waals surface area (Å²) in [6.45, 7) is 0.576. The highest BCUT2D eigenvalue weighted by Crippen LogP contribution is 2.21. The summed E-state index contributed by atoms with van der Waals surface area (Å²) in [4.78, 5) is 11.1. The monoisotopic (exact) mass is 273 g/mol. The molecule has 0 aliphatic carbocycles. The zero-order chi connectivity index (χ0) is 14.4. The van der Waals surface area contributed by atoms with Crippen LogP contribution in [0.3, 0.4) is 0 Å². The zero-order valence-electron chi connectivity index (χ0n) is 10.8. The third kappa shape index (κ3) is 3.65. The molecular weight excluding hydrogens is 258 g/mol. The zero-order valence-corrected chi connectivity index (χ0v) is 10.8. The standard InChI is InChI=1S/C15H15NO4/c16-11-6-7-14(13(10-11)15(17)18)20-9-8-19-12-4-2-1-3-5-12/h1-7,10H,8-9,16H2,(H,17,18). The Morgan fingerprint density at radius 2 is 1.75 bits per heavy atom. The molecule has 0 aliphatic rings. The van der Waals surface area contributed by atoms with E-state index in [1.54, 1.807) is 12.1 Å². The number of para-hydroxylation sites is 1. The quantitative estimate of drug-likeness (QED) is 0.624. The van der Waals surface area contributed by atoms with E-state index >= 15 is 0 Å². The Morgan fingerprint density at radius 3 is 2.45 bits per heavy atom. The van der Waals surface area contributed by atoms with Crippen molar-refractivity contribution < 1.29 is 19.4 Å². The molecule has 0 saturated heterocycles. The second kappa shape index (κ2) is 6.47. The van der Waals surface area contributed by atoms with Crippen LogP contribution in [0.5, 0.6) is 11.5 Å². The first-order valence-electron chi connectivity index (χ1n) is 6.10. The smallest absolute Gasteiger partial charge is 0.339 e. The van der Waals surface area contributed by atoms with Crippen molar-refractivity contribution >= 4 is 11.7 Å². The summed E-state index contributed by atoms with van der Waals surface area (Å²) in [5, 5.41) is 9.06. The van der Waals surface area contributed by atoms with E-state index in [0.29, 0.717) is 12.3 Å². The molecule has 104 valence electrons. The van der Waals surface area contributed by atoms with Gasteiger partial charge in [-0.15, -0.1) is 0 Å². The number of nitrogen functional groups attached to an aromatic ring is 1. The summed E-state index contributed by atoms with van der Waals surface area (Å²) >= 11 is 0. The average molecular weight is 273 g/mol. The molecule has 0 saturated carbocycles. The van der Waals surface area contributed by atoms with Crippen molar-refractivity contribution in [2.45, 2.75) is 0 Å². The molecule has 0 unspecified atom stereocenters. The molecule has 20 heavy (non-hydrogen) atoms. The van der Waals surface area contributed by atoms with E-state index in [2.05, 4.69) is 0 Å². The lowest BCUT2D eigenvalue weighted by Crippen LogP contribution is -2.11. The Labute approximate surface area is 116 Å². The normalized spacial score (nSPS) is 10.0. The van der Waals surface area contributed by atoms with Gasteiger partial charge >= 0.3 is 5.97 Å². The van der Waals surface area contributed by atoms with E-state index in [1.807, 2.05) is 30.3 Å². The van der Waals surface area contributed by atoms with Gasteiger partial charge < -0.3 is 20.3 Å². The SMILES string of the molecule is Nc1ccc(OCCOc2ccccc2)c(C(=O)O)c1. The van der Waals surface area contributed by atoms with Crippen LogP contribution in [0.1, 0.15) is 10.4 Å². The molecule has 0 radical (unpaired) electrons. The molecule has 0 fully saturated rings. The van der Waals surface area contributed by atoms with E-state index in [-0.39, 0.29) is 17.9 Å². The van der Waals surface area contributed by atoms with Gasteiger partial charge in [-0.1, -0.05) is 18.2 Å². The molecule has 0 spiro atoms. The van der Waals surface area contributed by atoms with Gasteiger partial charge in [0.1, 0.15) is 30.3 Å². The number of carboxylic acid groups (broad SMARTS) is 1. The summed E-state index contributed by atoms with van der Waals surface area (Å²) in [7, 11) is 0. The summed E-state index contributed by atoms with van der Waals surface area (Å²) in [6, 6.07) is 13.8. The van der Waals surface area contributed by atoms with E-state index in [9.17, 15) is 4.79 Å². The highest BCUT2D eigenvalue weighted by Gasteiger charge is 2.11. The maximum absolute atomic E-state index is 11.1. The minimum atomic E-state index is -1.07.